The van der Waals surface area contributed by atoms with E-state index in [0.29, 0.717) is 12.3 Å². The van der Waals surface area contributed by atoms with Crippen LogP contribution >= 0.6 is 0 Å². The zero-order valence-electron chi connectivity index (χ0n) is 15.8. The molecule has 1 atom stereocenters. The lowest BCUT2D eigenvalue weighted by atomic mass is 9.98. The normalized spacial score (nSPS) is 19.7. The van der Waals surface area contributed by atoms with Crippen LogP contribution in [0.15, 0.2) is 35.9 Å². The van der Waals surface area contributed by atoms with E-state index in [1.165, 1.54) is 44.3 Å². The molecule has 136 valence electrons. The van der Waals surface area contributed by atoms with Crippen LogP contribution in [0.2, 0.25) is 0 Å². The van der Waals surface area contributed by atoms with Crippen molar-refractivity contribution in [3.05, 3.63) is 41.5 Å². The molecule has 1 unspecified atom stereocenters. The number of carbonyl (C=O) groups excluding carboxylic acids is 1. The van der Waals surface area contributed by atoms with E-state index >= 15 is 0 Å². The first-order valence-electron chi connectivity index (χ1n) is 9.96. The van der Waals surface area contributed by atoms with E-state index in [9.17, 15) is 4.79 Å². The molecule has 3 rings (SSSR count). The lowest BCUT2D eigenvalue weighted by Crippen LogP contribution is -2.42. The van der Waals surface area contributed by atoms with Gasteiger partial charge in [-0.25, -0.2) is 0 Å². The first-order valence-corrected chi connectivity index (χ1v) is 9.96. The van der Waals surface area contributed by atoms with E-state index < -0.39 is 0 Å². The molecule has 2 heterocycles. The minimum absolute atomic E-state index is 0.286. The zero-order chi connectivity index (χ0) is 17.6. The second-order valence-electron chi connectivity index (χ2n) is 7.69. The number of likely N-dealkylation sites (tertiary alicyclic amines) is 1. The average Bonchev–Trinajstić information content (AvgIpc) is 2.63. The molecule has 1 aromatic carbocycles. The Bertz CT molecular complexity index is 612. The molecule has 1 amide bonds. The van der Waals surface area contributed by atoms with Crippen LogP contribution in [0.25, 0.3) is 0 Å². The number of hydrogen-bond acceptors (Lipinski definition) is 2. The van der Waals surface area contributed by atoms with Gasteiger partial charge in [-0.15, -0.1) is 0 Å². The summed E-state index contributed by atoms with van der Waals surface area (Å²) in [6, 6.07) is 8.39. The number of fused-ring (bicyclic) bond motifs is 1. The van der Waals surface area contributed by atoms with Crippen LogP contribution in [0.5, 0.6) is 0 Å². The molecule has 1 saturated heterocycles. The minimum atomic E-state index is 0.286. The van der Waals surface area contributed by atoms with E-state index in [4.69, 9.17) is 0 Å². The molecule has 2 aliphatic heterocycles. The Hall–Kier alpha value is -1.61. The number of allylic oxidation sites excluding steroid dienone is 1. The molecule has 0 spiro atoms. The molecule has 0 radical (unpaired) electrons. The van der Waals surface area contributed by atoms with Gasteiger partial charge in [0.2, 0.25) is 5.91 Å². The predicted molar refractivity (Wildman–Crippen MR) is 105 cm³/mol. The monoisotopic (exact) mass is 340 g/mol. The van der Waals surface area contributed by atoms with Crippen LogP contribution in [-0.4, -0.2) is 37.0 Å². The van der Waals surface area contributed by atoms with Gasteiger partial charge in [0.25, 0.3) is 0 Å². The third-order valence-corrected chi connectivity index (χ3v) is 5.48. The van der Waals surface area contributed by atoms with Crippen LogP contribution in [0.4, 0.5) is 5.69 Å². The lowest BCUT2D eigenvalue weighted by Gasteiger charge is -2.35. The van der Waals surface area contributed by atoms with Crippen LogP contribution < -0.4 is 4.90 Å². The van der Waals surface area contributed by atoms with Gasteiger partial charge in [-0.05, 0) is 43.2 Å². The molecule has 0 aromatic heterocycles. The Morgan fingerprint density at radius 1 is 1.08 bits per heavy atom. The number of amides is 1. The number of nitrogens with zero attached hydrogens (tertiary/aromatic N) is 2. The van der Waals surface area contributed by atoms with Gasteiger partial charge in [0.1, 0.15) is 0 Å². The highest BCUT2D eigenvalue weighted by molar-refractivity contribution is 5.96. The number of piperidine rings is 1. The van der Waals surface area contributed by atoms with Crippen LogP contribution in [-0.2, 0) is 11.2 Å². The van der Waals surface area contributed by atoms with Gasteiger partial charge >= 0.3 is 0 Å². The van der Waals surface area contributed by atoms with Crippen molar-refractivity contribution in [2.45, 2.75) is 52.4 Å². The van der Waals surface area contributed by atoms with Gasteiger partial charge in [0.05, 0.1) is 0 Å². The third-order valence-electron chi connectivity index (χ3n) is 5.48. The molecular weight excluding hydrogens is 308 g/mol. The van der Waals surface area contributed by atoms with Crippen molar-refractivity contribution in [1.82, 2.24) is 4.90 Å². The number of benzene rings is 1. The number of anilines is 1. The molecule has 2 aliphatic rings. The highest BCUT2D eigenvalue weighted by atomic mass is 16.2. The van der Waals surface area contributed by atoms with Crippen molar-refractivity contribution < 1.29 is 4.79 Å². The average molecular weight is 341 g/mol. The Morgan fingerprint density at radius 3 is 2.60 bits per heavy atom. The molecular formula is C22H32N2O. The molecule has 3 heteroatoms. The highest BCUT2D eigenvalue weighted by Crippen LogP contribution is 2.28. The van der Waals surface area contributed by atoms with Crippen molar-refractivity contribution in [1.29, 1.82) is 0 Å². The smallest absolute Gasteiger partial charge is 0.227 e. The summed E-state index contributed by atoms with van der Waals surface area (Å²) in [4.78, 5) is 17.0. The SMILES string of the molecule is CCCC=C1CCN(CC(C)CN2C(=O)CCc3ccccc32)CC1. The topological polar surface area (TPSA) is 23.6 Å². The van der Waals surface area contributed by atoms with Gasteiger partial charge < -0.3 is 9.80 Å². The summed E-state index contributed by atoms with van der Waals surface area (Å²) < 4.78 is 0. The largest absolute Gasteiger partial charge is 0.312 e. The van der Waals surface area contributed by atoms with E-state index in [2.05, 4.69) is 43.0 Å². The summed E-state index contributed by atoms with van der Waals surface area (Å²) in [7, 11) is 0. The quantitative estimate of drug-likeness (QED) is 0.716. The summed E-state index contributed by atoms with van der Waals surface area (Å²) in [6.45, 7) is 8.80. The summed E-state index contributed by atoms with van der Waals surface area (Å²) >= 11 is 0. The van der Waals surface area contributed by atoms with E-state index in [-0.39, 0.29) is 5.91 Å². The van der Waals surface area contributed by atoms with E-state index in [0.717, 1.165) is 25.2 Å². The fraction of sp³-hybridized carbons (Fsp3) is 0.591. The molecule has 25 heavy (non-hydrogen) atoms. The van der Waals surface area contributed by atoms with Gasteiger partial charge in [-0.3, -0.25) is 4.79 Å². The Kier molecular flexibility index (Phi) is 6.30. The molecule has 3 nitrogen and oxygen atoms in total. The number of carbonyl (C=O) groups is 1. The second kappa shape index (κ2) is 8.66. The molecule has 0 N–H and O–H groups in total. The van der Waals surface area contributed by atoms with Crippen molar-refractivity contribution in [2.75, 3.05) is 31.1 Å². The molecule has 1 aromatic rings. The zero-order valence-corrected chi connectivity index (χ0v) is 15.8. The van der Waals surface area contributed by atoms with E-state index in [1.54, 1.807) is 5.57 Å². The number of unbranched alkanes of at least 4 members (excludes halogenated alkanes) is 1. The standard InChI is InChI=1S/C22H32N2O/c1-3-4-7-19-12-14-23(15-13-19)16-18(2)17-24-21-9-6-5-8-20(21)10-11-22(24)25/h5-9,18H,3-4,10-17H2,1-2H3. The predicted octanol–water partition coefficient (Wildman–Crippen LogP) is 4.42. The van der Waals surface area contributed by atoms with Crippen LogP contribution in [0, 0.1) is 5.92 Å². The van der Waals surface area contributed by atoms with Crippen molar-refractivity contribution in [3.8, 4) is 0 Å². The minimum Gasteiger partial charge on any atom is -0.312 e. The first-order chi connectivity index (χ1) is 12.2. The van der Waals surface area contributed by atoms with Gasteiger partial charge in [-0.1, -0.05) is 50.1 Å². The fourth-order valence-electron chi connectivity index (χ4n) is 4.08. The lowest BCUT2D eigenvalue weighted by molar-refractivity contribution is -0.119. The Morgan fingerprint density at radius 2 is 1.84 bits per heavy atom. The summed E-state index contributed by atoms with van der Waals surface area (Å²) in [5.74, 6) is 0.783. The first kappa shape index (κ1) is 18.2. The number of para-hydroxylation sites is 1. The molecule has 0 saturated carbocycles. The summed E-state index contributed by atoms with van der Waals surface area (Å²) in [5.41, 5.74) is 4.10. The maximum absolute atomic E-state index is 12.4. The van der Waals surface area contributed by atoms with Crippen LogP contribution in [0.1, 0.15) is 51.5 Å². The number of aryl methyl sites for hydroxylation is 1. The van der Waals surface area contributed by atoms with Crippen molar-refractivity contribution in [2.24, 2.45) is 5.92 Å². The van der Waals surface area contributed by atoms with E-state index in [1.807, 2.05) is 11.0 Å². The third kappa shape index (κ3) is 4.72. The Labute approximate surface area is 152 Å². The van der Waals surface area contributed by atoms with Crippen molar-refractivity contribution in [3.63, 3.8) is 0 Å². The molecule has 0 aliphatic carbocycles. The fourth-order valence-corrected chi connectivity index (χ4v) is 4.08. The molecule has 0 bridgehead atoms. The second-order valence-corrected chi connectivity index (χ2v) is 7.69. The van der Waals surface area contributed by atoms with Crippen molar-refractivity contribution >= 4 is 11.6 Å². The van der Waals surface area contributed by atoms with Gasteiger partial charge in [0.15, 0.2) is 0 Å². The summed E-state index contributed by atoms with van der Waals surface area (Å²) in [6.07, 6.45) is 8.90. The van der Waals surface area contributed by atoms with Gasteiger partial charge in [0, 0.05) is 38.3 Å². The Balaban J connectivity index is 1.53. The maximum Gasteiger partial charge on any atom is 0.227 e. The maximum atomic E-state index is 12.4. The van der Waals surface area contributed by atoms with Crippen LogP contribution in [0.3, 0.4) is 0 Å². The number of hydrogen-bond donors (Lipinski definition) is 0. The summed E-state index contributed by atoms with van der Waals surface area (Å²) in [5, 5.41) is 0. The number of rotatable bonds is 6. The highest BCUT2D eigenvalue weighted by Gasteiger charge is 2.26. The molecule has 1 fully saturated rings. The van der Waals surface area contributed by atoms with Gasteiger partial charge in [-0.2, -0.15) is 0 Å².